The molecule has 0 radical (unpaired) electrons. The maximum Gasteiger partial charge on any atom is 0.0998 e. The molecule has 0 heterocycles. The largest absolute Gasteiger partial charge is 0.192 e. The fourth-order valence-corrected chi connectivity index (χ4v) is 2.31. The molecule has 0 N–H and O–H groups in total. The van der Waals surface area contributed by atoms with Gasteiger partial charge in [0.1, 0.15) is 0 Å². The lowest BCUT2D eigenvalue weighted by atomic mass is 9.81. The van der Waals surface area contributed by atoms with Crippen molar-refractivity contribution < 1.29 is 0 Å². The minimum Gasteiger partial charge on any atom is -0.192 e. The third-order valence-corrected chi connectivity index (χ3v) is 3.29. The van der Waals surface area contributed by atoms with Crippen LogP contribution >= 0.6 is 0 Å². The molecule has 0 saturated heterocycles. The van der Waals surface area contributed by atoms with Crippen molar-refractivity contribution in [2.24, 2.45) is 0 Å². The first kappa shape index (κ1) is 13.8. The van der Waals surface area contributed by atoms with Crippen LogP contribution in [0.3, 0.4) is 0 Å². The van der Waals surface area contributed by atoms with E-state index >= 15 is 0 Å². The van der Waals surface area contributed by atoms with Crippen LogP contribution in [0.4, 0.5) is 0 Å². The first-order valence-electron chi connectivity index (χ1n) is 6.51. The molecular formula is C18H16N2. The van der Waals surface area contributed by atoms with Crippen molar-refractivity contribution in [3.63, 3.8) is 0 Å². The van der Waals surface area contributed by atoms with Crippen molar-refractivity contribution in [1.29, 1.82) is 10.5 Å². The van der Waals surface area contributed by atoms with Crippen LogP contribution in [0, 0.1) is 22.7 Å². The van der Waals surface area contributed by atoms with Crippen LogP contribution < -0.4 is 0 Å². The van der Waals surface area contributed by atoms with Crippen LogP contribution in [-0.4, -0.2) is 0 Å². The van der Waals surface area contributed by atoms with E-state index in [1.54, 1.807) is 18.2 Å². The van der Waals surface area contributed by atoms with Gasteiger partial charge in [-0.15, -0.1) is 0 Å². The molecule has 0 amide bonds. The molecule has 0 spiro atoms. The summed E-state index contributed by atoms with van der Waals surface area (Å²) in [6.07, 6.45) is 0. The summed E-state index contributed by atoms with van der Waals surface area (Å²) in [4.78, 5) is 0. The first-order valence-corrected chi connectivity index (χ1v) is 6.51. The smallest absolute Gasteiger partial charge is 0.0998 e. The Labute approximate surface area is 119 Å². The maximum absolute atomic E-state index is 9.30. The molecule has 2 nitrogen and oxygen atoms in total. The second kappa shape index (κ2) is 5.19. The van der Waals surface area contributed by atoms with E-state index in [4.69, 9.17) is 5.26 Å². The fourth-order valence-electron chi connectivity index (χ4n) is 2.31. The SMILES string of the molecule is CC(C)(C)c1ccccc1-c1cc(C#N)ccc1C#N. The van der Waals surface area contributed by atoms with E-state index in [2.05, 4.69) is 39.0 Å². The van der Waals surface area contributed by atoms with Gasteiger partial charge in [-0.1, -0.05) is 45.0 Å². The molecule has 2 aromatic rings. The zero-order valence-corrected chi connectivity index (χ0v) is 11.9. The Bertz CT molecular complexity index is 722. The molecule has 0 fully saturated rings. The van der Waals surface area contributed by atoms with Crippen LogP contribution in [0.1, 0.15) is 37.5 Å². The lowest BCUT2D eigenvalue weighted by molar-refractivity contribution is 0.592. The molecule has 0 atom stereocenters. The summed E-state index contributed by atoms with van der Waals surface area (Å²) >= 11 is 0. The van der Waals surface area contributed by atoms with E-state index in [1.807, 2.05) is 18.2 Å². The highest BCUT2D eigenvalue weighted by atomic mass is 14.3. The van der Waals surface area contributed by atoms with E-state index in [1.165, 1.54) is 5.56 Å². The molecule has 0 unspecified atom stereocenters. The lowest BCUT2D eigenvalue weighted by Crippen LogP contribution is -2.12. The highest BCUT2D eigenvalue weighted by Gasteiger charge is 2.19. The van der Waals surface area contributed by atoms with Crippen LogP contribution in [0.25, 0.3) is 11.1 Å². The van der Waals surface area contributed by atoms with Crippen LogP contribution in [0.5, 0.6) is 0 Å². The minimum atomic E-state index is -0.0219. The second-order valence-electron chi connectivity index (χ2n) is 5.78. The summed E-state index contributed by atoms with van der Waals surface area (Å²) in [5.74, 6) is 0. The molecule has 0 bridgehead atoms. The van der Waals surface area contributed by atoms with Gasteiger partial charge in [-0.05, 0) is 34.7 Å². The van der Waals surface area contributed by atoms with Gasteiger partial charge in [-0.2, -0.15) is 10.5 Å². The highest BCUT2D eigenvalue weighted by Crippen LogP contribution is 2.34. The van der Waals surface area contributed by atoms with Crippen molar-refractivity contribution in [3.05, 3.63) is 59.2 Å². The van der Waals surface area contributed by atoms with Crippen molar-refractivity contribution in [1.82, 2.24) is 0 Å². The third-order valence-electron chi connectivity index (χ3n) is 3.29. The predicted molar refractivity (Wildman–Crippen MR) is 80.0 cm³/mol. The molecule has 0 aliphatic carbocycles. The Kier molecular flexibility index (Phi) is 3.59. The van der Waals surface area contributed by atoms with Crippen molar-refractivity contribution in [2.75, 3.05) is 0 Å². The lowest BCUT2D eigenvalue weighted by Gasteiger charge is -2.23. The third kappa shape index (κ3) is 2.56. The van der Waals surface area contributed by atoms with Gasteiger partial charge in [0.15, 0.2) is 0 Å². The van der Waals surface area contributed by atoms with Gasteiger partial charge in [0.25, 0.3) is 0 Å². The minimum absolute atomic E-state index is 0.0219. The van der Waals surface area contributed by atoms with Gasteiger partial charge in [0.05, 0.1) is 23.3 Å². The van der Waals surface area contributed by atoms with E-state index in [0.29, 0.717) is 11.1 Å². The van der Waals surface area contributed by atoms with Crippen LogP contribution in [-0.2, 0) is 5.41 Å². The van der Waals surface area contributed by atoms with Crippen LogP contribution in [0.15, 0.2) is 42.5 Å². The quantitative estimate of drug-likeness (QED) is 0.763. The Morgan fingerprint density at radius 3 is 2.15 bits per heavy atom. The average Bonchev–Trinajstić information content (AvgIpc) is 2.45. The van der Waals surface area contributed by atoms with Gasteiger partial charge in [-0.3, -0.25) is 0 Å². The van der Waals surface area contributed by atoms with Crippen molar-refractivity contribution >= 4 is 0 Å². The molecule has 2 aromatic carbocycles. The van der Waals surface area contributed by atoms with Gasteiger partial charge in [-0.25, -0.2) is 0 Å². The van der Waals surface area contributed by atoms with Gasteiger partial charge < -0.3 is 0 Å². The van der Waals surface area contributed by atoms with E-state index in [-0.39, 0.29) is 5.41 Å². The summed E-state index contributed by atoms with van der Waals surface area (Å²) < 4.78 is 0. The topological polar surface area (TPSA) is 47.6 Å². The summed E-state index contributed by atoms with van der Waals surface area (Å²) in [6, 6.07) is 17.6. The number of rotatable bonds is 1. The molecule has 2 heteroatoms. The molecular weight excluding hydrogens is 244 g/mol. The summed E-state index contributed by atoms with van der Waals surface area (Å²) in [6.45, 7) is 6.43. The number of nitrogens with zero attached hydrogens (tertiary/aromatic N) is 2. The molecule has 0 aromatic heterocycles. The zero-order chi connectivity index (χ0) is 14.8. The summed E-state index contributed by atoms with van der Waals surface area (Å²) in [5, 5.41) is 18.4. The molecule has 0 aliphatic heterocycles. The molecule has 2 rings (SSSR count). The molecule has 0 saturated carbocycles. The Morgan fingerprint density at radius 1 is 0.850 bits per heavy atom. The number of benzene rings is 2. The van der Waals surface area contributed by atoms with Gasteiger partial charge >= 0.3 is 0 Å². The number of nitriles is 2. The highest BCUT2D eigenvalue weighted by molar-refractivity contribution is 5.75. The maximum atomic E-state index is 9.30. The van der Waals surface area contributed by atoms with E-state index in [9.17, 15) is 5.26 Å². The van der Waals surface area contributed by atoms with E-state index in [0.717, 1.165) is 11.1 Å². The zero-order valence-electron chi connectivity index (χ0n) is 11.9. The monoisotopic (exact) mass is 260 g/mol. The number of hydrogen-bond acceptors (Lipinski definition) is 2. The van der Waals surface area contributed by atoms with Gasteiger partial charge in [0.2, 0.25) is 0 Å². The standard InChI is InChI=1S/C18H16N2/c1-18(2,3)17-7-5-4-6-15(17)16-10-13(11-19)8-9-14(16)12-20/h4-10H,1-3H3. The first-order chi connectivity index (χ1) is 9.47. The Morgan fingerprint density at radius 2 is 1.55 bits per heavy atom. The van der Waals surface area contributed by atoms with Crippen molar-refractivity contribution in [2.45, 2.75) is 26.2 Å². The second-order valence-corrected chi connectivity index (χ2v) is 5.78. The fraction of sp³-hybridized carbons (Fsp3) is 0.222. The summed E-state index contributed by atoms with van der Waals surface area (Å²) in [7, 11) is 0. The Balaban J connectivity index is 2.76. The number of hydrogen-bond donors (Lipinski definition) is 0. The Hall–Kier alpha value is -2.58. The van der Waals surface area contributed by atoms with E-state index < -0.39 is 0 Å². The molecule has 0 aliphatic rings. The molecule has 20 heavy (non-hydrogen) atoms. The normalized spacial score (nSPS) is 10.7. The average molecular weight is 260 g/mol. The molecule has 98 valence electrons. The van der Waals surface area contributed by atoms with Crippen molar-refractivity contribution in [3.8, 4) is 23.3 Å². The van der Waals surface area contributed by atoms with Crippen LogP contribution in [0.2, 0.25) is 0 Å². The summed E-state index contributed by atoms with van der Waals surface area (Å²) in [5.41, 5.74) is 4.17. The van der Waals surface area contributed by atoms with Gasteiger partial charge in [0, 0.05) is 5.56 Å². The predicted octanol–water partition coefficient (Wildman–Crippen LogP) is 4.39.